The van der Waals surface area contributed by atoms with E-state index in [4.69, 9.17) is 9.47 Å². The van der Waals surface area contributed by atoms with Crippen molar-refractivity contribution in [1.82, 2.24) is 20.4 Å². The lowest BCUT2D eigenvalue weighted by molar-refractivity contribution is -0.141. The molecule has 2 heterocycles. The Morgan fingerprint density at radius 3 is 2.44 bits per heavy atom. The number of halogens is 2. The van der Waals surface area contributed by atoms with Crippen molar-refractivity contribution in [3.63, 3.8) is 0 Å². The molecule has 3 rings (SSSR count). The van der Waals surface area contributed by atoms with E-state index in [9.17, 15) is 23.2 Å². The Kier molecular flexibility index (Phi) is 8.43. The molecule has 0 aromatic heterocycles. The van der Waals surface area contributed by atoms with Crippen LogP contribution < -0.4 is 15.4 Å². The predicted octanol–water partition coefficient (Wildman–Crippen LogP) is 2.15. The molecule has 2 aliphatic heterocycles. The number of likely N-dealkylation sites (tertiary alicyclic amines) is 2. The van der Waals surface area contributed by atoms with Gasteiger partial charge in [0.25, 0.3) is 0 Å². The Morgan fingerprint density at radius 1 is 1.17 bits per heavy atom. The minimum absolute atomic E-state index is 0.0762. The van der Waals surface area contributed by atoms with Gasteiger partial charge in [0.1, 0.15) is 11.8 Å². The Hall–Kier alpha value is -2.95. The standard InChI is InChI=1S/C25H36F2N4O5/c1-14(28-5)22(32)29-21(25(2,3)4)23(33)30-10-9-19-20(30)15(12-31(19)24(34)35-6)13-36-16-7-8-17(26)18(27)11-16/h7-8,11,14-15,19-21,28H,9-10,12-13H2,1-6H3,(H,29,32)/t14-,15+,19?,20+,21+/m0/s1. The topological polar surface area (TPSA) is 100 Å². The highest BCUT2D eigenvalue weighted by atomic mass is 19.2. The molecule has 2 saturated heterocycles. The summed E-state index contributed by atoms with van der Waals surface area (Å²) in [5.74, 6) is -2.68. The molecule has 36 heavy (non-hydrogen) atoms. The summed E-state index contributed by atoms with van der Waals surface area (Å²) in [6.07, 6.45) is 0.0448. The summed E-state index contributed by atoms with van der Waals surface area (Å²) in [5, 5.41) is 5.76. The Balaban J connectivity index is 1.85. The van der Waals surface area contributed by atoms with E-state index in [0.717, 1.165) is 12.1 Å². The molecular weight excluding hydrogens is 474 g/mol. The molecule has 9 nitrogen and oxygen atoms in total. The minimum atomic E-state index is -1.02. The van der Waals surface area contributed by atoms with Gasteiger partial charge in [-0.25, -0.2) is 13.6 Å². The predicted molar refractivity (Wildman–Crippen MR) is 128 cm³/mol. The fraction of sp³-hybridized carbons (Fsp3) is 0.640. The Bertz CT molecular complexity index is 986. The van der Waals surface area contributed by atoms with Crippen LogP contribution in [0.5, 0.6) is 5.75 Å². The third-order valence-corrected chi connectivity index (χ3v) is 7.01. The molecule has 0 aliphatic carbocycles. The smallest absolute Gasteiger partial charge is 0.409 e. The molecule has 1 unspecified atom stereocenters. The SMILES string of the molecule is CN[C@@H](C)C(=O)N[C@H](C(=O)N1CCC2[C@H]1[C@@H](COc1ccc(F)c(F)c1)CN2C(=O)OC)C(C)(C)C. The van der Waals surface area contributed by atoms with E-state index in [-0.39, 0.29) is 48.7 Å². The maximum absolute atomic E-state index is 13.9. The van der Waals surface area contributed by atoms with Gasteiger partial charge in [-0.15, -0.1) is 0 Å². The lowest BCUT2D eigenvalue weighted by atomic mass is 9.85. The second-order valence-electron chi connectivity index (χ2n) is 10.5. The van der Waals surface area contributed by atoms with Crippen molar-refractivity contribution in [1.29, 1.82) is 0 Å². The van der Waals surface area contributed by atoms with E-state index in [0.29, 0.717) is 13.0 Å². The molecule has 2 fully saturated rings. The van der Waals surface area contributed by atoms with Crippen LogP contribution >= 0.6 is 0 Å². The van der Waals surface area contributed by atoms with Gasteiger partial charge in [0.15, 0.2) is 11.6 Å². The number of hydrogen-bond donors (Lipinski definition) is 2. The van der Waals surface area contributed by atoms with E-state index in [1.54, 1.807) is 23.8 Å². The van der Waals surface area contributed by atoms with E-state index in [2.05, 4.69) is 10.6 Å². The number of benzene rings is 1. The summed E-state index contributed by atoms with van der Waals surface area (Å²) in [5.41, 5.74) is -0.573. The van der Waals surface area contributed by atoms with Gasteiger partial charge in [-0.3, -0.25) is 9.59 Å². The number of methoxy groups -OCH3 is 1. The lowest BCUT2D eigenvalue weighted by Gasteiger charge is -2.37. The molecule has 11 heteroatoms. The van der Waals surface area contributed by atoms with Gasteiger partial charge < -0.3 is 29.9 Å². The van der Waals surface area contributed by atoms with Crippen LogP contribution in [0.25, 0.3) is 0 Å². The summed E-state index contributed by atoms with van der Waals surface area (Å²) < 4.78 is 37.7. The quantitative estimate of drug-likeness (QED) is 0.583. The van der Waals surface area contributed by atoms with Crippen LogP contribution in [0.15, 0.2) is 18.2 Å². The number of amides is 3. The van der Waals surface area contributed by atoms with Gasteiger partial charge in [-0.2, -0.15) is 0 Å². The average Bonchev–Trinajstić information content (AvgIpc) is 3.42. The van der Waals surface area contributed by atoms with Gasteiger partial charge in [-0.05, 0) is 37.9 Å². The molecule has 200 valence electrons. The van der Waals surface area contributed by atoms with E-state index >= 15 is 0 Å². The molecule has 0 radical (unpaired) electrons. The molecule has 2 N–H and O–H groups in total. The highest BCUT2D eigenvalue weighted by Crippen LogP contribution is 2.38. The monoisotopic (exact) mass is 510 g/mol. The fourth-order valence-corrected chi connectivity index (χ4v) is 4.92. The fourth-order valence-electron chi connectivity index (χ4n) is 4.92. The second-order valence-corrected chi connectivity index (χ2v) is 10.5. The van der Waals surface area contributed by atoms with Crippen LogP contribution in [0.3, 0.4) is 0 Å². The number of likely N-dealkylation sites (N-methyl/N-ethyl adjacent to an activating group) is 1. The second kappa shape index (κ2) is 11.0. The number of carbonyl (C=O) groups is 3. The molecule has 1 aromatic carbocycles. The molecule has 2 aliphatic rings. The van der Waals surface area contributed by atoms with Crippen LogP contribution in [0.4, 0.5) is 13.6 Å². The van der Waals surface area contributed by atoms with Crippen molar-refractivity contribution in [2.45, 2.75) is 58.3 Å². The van der Waals surface area contributed by atoms with Crippen molar-refractivity contribution >= 4 is 17.9 Å². The summed E-state index contributed by atoms with van der Waals surface area (Å²) >= 11 is 0. The Morgan fingerprint density at radius 2 is 1.86 bits per heavy atom. The van der Waals surface area contributed by atoms with E-state index in [1.165, 1.54) is 13.2 Å². The van der Waals surface area contributed by atoms with Crippen LogP contribution in [-0.2, 0) is 14.3 Å². The highest BCUT2D eigenvalue weighted by molar-refractivity contribution is 5.90. The molecule has 1 aromatic rings. The maximum Gasteiger partial charge on any atom is 0.409 e. The molecule has 3 amide bonds. The van der Waals surface area contributed by atoms with E-state index < -0.39 is 35.2 Å². The molecule has 0 saturated carbocycles. The van der Waals surface area contributed by atoms with Crippen molar-refractivity contribution in [3.8, 4) is 5.75 Å². The van der Waals surface area contributed by atoms with Crippen molar-refractivity contribution in [2.75, 3.05) is 33.9 Å². The first-order valence-corrected chi connectivity index (χ1v) is 12.1. The first-order chi connectivity index (χ1) is 16.9. The summed E-state index contributed by atoms with van der Waals surface area (Å²) in [4.78, 5) is 42.3. The Labute approximate surface area is 210 Å². The third-order valence-electron chi connectivity index (χ3n) is 7.01. The van der Waals surface area contributed by atoms with Gasteiger partial charge in [-0.1, -0.05) is 20.8 Å². The zero-order valence-corrected chi connectivity index (χ0v) is 21.6. The van der Waals surface area contributed by atoms with Crippen molar-refractivity contribution < 1.29 is 32.6 Å². The maximum atomic E-state index is 13.9. The van der Waals surface area contributed by atoms with Crippen LogP contribution in [0, 0.1) is 23.0 Å². The highest BCUT2D eigenvalue weighted by Gasteiger charge is 2.54. The molecular formula is C25H36F2N4O5. The van der Waals surface area contributed by atoms with Gasteiger partial charge in [0, 0.05) is 25.1 Å². The number of ether oxygens (including phenoxy) is 2. The third kappa shape index (κ3) is 5.71. The number of carbonyl (C=O) groups excluding carboxylic acids is 3. The number of nitrogens with one attached hydrogen (secondary N) is 2. The van der Waals surface area contributed by atoms with Crippen LogP contribution in [-0.4, -0.2) is 85.7 Å². The van der Waals surface area contributed by atoms with Gasteiger partial charge >= 0.3 is 6.09 Å². The van der Waals surface area contributed by atoms with Crippen LogP contribution in [0.2, 0.25) is 0 Å². The summed E-state index contributed by atoms with van der Waals surface area (Å²) in [6.45, 7) is 8.10. The van der Waals surface area contributed by atoms with Crippen molar-refractivity contribution in [2.24, 2.45) is 11.3 Å². The lowest BCUT2D eigenvalue weighted by Crippen LogP contribution is -2.59. The largest absolute Gasteiger partial charge is 0.493 e. The number of hydrogen-bond acceptors (Lipinski definition) is 6. The summed E-state index contributed by atoms with van der Waals surface area (Å²) in [7, 11) is 2.97. The molecule has 0 bridgehead atoms. The zero-order valence-electron chi connectivity index (χ0n) is 21.6. The average molecular weight is 511 g/mol. The van der Waals surface area contributed by atoms with Crippen LogP contribution in [0.1, 0.15) is 34.1 Å². The zero-order chi connectivity index (χ0) is 26.8. The summed E-state index contributed by atoms with van der Waals surface area (Å²) in [6, 6.07) is 1.34. The first-order valence-electron chi connectivity index (χ1n) is 12.1. The van der Waals surface area contributed by atoms with Gasteiger partial charge in [0.05, 0.1) is 31.8 Å². The molecule has 5 atom stereocenters. The van der Waals surface area contributed by atoms with E-state index in [1.807, 2.05) is 20.8 Å². The van der Waals surface area contributed by atoms with Crippen molar-refractivity contribution in [3.05, 3.63) is 29.8 Å². The minimum Gasteiger partial charge on any atom is -0.493 e. The number of nitrogens with zero attached hydrogens (tertiary/aromatic N) is 2. The molecule has 0 spiro atoms. The normalized spacial score (nSPS) is 23.2. The number of fused-ring (bicyclic) bond motifs is 1. The number of rotatable bonds is 7. The first kappa shape index (κ1) is 27.6. The van der Waals surface area contributed by atoms with Gasteiger partial charge in [0.2, 0.25) is 11.8 Å².